The maximum Gasteiger partial charge on any atom is 0.156 e. The van der Waals surface area contributed by atoms with E-state index in [4.69, 9.17) is 16.3 Å². The van der Waals surface area contributed by atoms with Crippen molar-refractivity contribution in [3.8, 4) is 5.75 Å². The lowest BCUT2D eigenvalue weighted by molar-refractivity contribution is 0.339. The average molecular weight is 349 g/mol. The van der Waals surface area contributed by atoms with E-state index in [1.165, 1.54) is 6.42 Å². The number of nitrogens with one attached hydrogen (secondary N) is 1. The molecule has 0 aromatic heterocycles. The summed E-state index contributed by atoms with van der Waals surface area (Å²) in [5.41, 5.74) is 0.956. The lowest BCUT2D eigenvalue weighted by Gasteiger charge is -2.20. The molecule has 4 heteroatoms. The molecule has 19 heavy (non-hydrogen) atoms. The van der Waals surface area contributed by atoms with Crippen LogP contribution in [0.3, 0.4) is 0 Å². The zero-order valence-electron chi connectivity index (χ0n) is 12.1. The van der Waals surface area contributed by atoms with Gasteiger partial charge in [-0.05, 0) is 60.7 Å². The monoisotopic (exact) mass is 347 g/mol. The van der Waals surface area contributed by atoms with Gasteiger partial charge in [-0.1, -0.05) is 25.4 Å². The molecule has 0 aliphatic carbocycles. The normalized spacial score (nSPS) is 12.6. The van der Waals surface area contributed by atoms with E-state index in [-0.39, 0.29) is 0 Å². The number of hydrogen-bond acceptors (Lipinski definition) is 2. The molecule has 0 bridgehead atoms. The Morgan fingerprint density at radius 3 is 2.53 bits per heavy atom. The van der Waals surface area contributed by atoms with E-state index in [9.17, 15) is 0 Å². The van der Waals surface area contributed by atoms with Crippen molar-refractivity contribution in [2.24, 2.45) is 5.92 Å². The van der Waals surface area contributed by atoms with Gasteiger partial charge in [0, 0.05) is 11.1 Å². The van der Waals surface area contributed by atoms with Crippen molar-refractivity contribution >= 4 is 33.2 Å². The number of hydrogen-bond donors (Lipinski definition) is 1. The Labute approximate surface area is 130 Å². The maximum absolute atomic E-state index is 6.11. The van der Waals surface area contributed by atoms with Gasteiger partial charge in [0.15, 0.2) is 5.75 Å². The summed E-state index contributed by atoms with van der Waals surface area (Å²) in [6.45, 7) is 9.29. The number of benzene rings is 1. The molecule has 0 aliphatic heterocycles. The average Bonchev–Trinajstić information content (AvgIpc) is 2.31. The lowest BCUT2D eigenvalue weighted by atomic mass is 10.0. The van der Waals surface area contributed by atoms with Gasteiger partial charge in [-0.25, -0.2) is 0 Å². The molecule has 0 aliphatic rings. The maximum atomic E-state index is 6.11. The fourth-order valence-corrected chi connectivity index (χ4v) is 2.80. The van der Waals surface area contributed by atoms with Crippen molar-refractivity contribution in [3.63, 3.8) is 0 Å². The minimum absolute atomic E-state index is 0.395. The van der Waals surface area contributed by atoms with Gasteiger partial charge in [0.25, 0.3) is 0 Å². The van der Waals surface area contributed by atoms with E-state index in [1.54, 1.807) is 0 Å². The van der Waals surface area contributed by atoms with E-state index in [1.807, 2.05) is 19.1 Å². The van der Waals surface area contributed by atoms with Crippen molar-refractivity contribution in [3.05, 3.63) is 21.6 Å². The molecule has 0 radical (unpaired) electrons. The highest BCUT2D eigenvalue weighted by Gasteiger charge is 2.12. The molecule has 1 rings (SSSR count). The molecule has 0 saturated carbocycles. The minimum Gasteiger partial charge on any atom is -0.491 e. The van der Waals surface area contributed by atoms with Crippen molar-refractivity contribution in [1.29, 1.82) is 0 Å². The Morgan fingerprint density at radius 2 is 1.95 bits per heavy atom. The van der Waals surface area contributed by atoms with Crippen LogP contribution in [-0.4, -0.2) is 12.6 Å². The summed E-state index contributed by atoms with van der Waals surface area (Å²) in [5, 5.41) is 4.20. The first-order valence-electron chi connectivity index (χ1n) is 6.82. The van der Waals surface area contributed by atoms with Gasteiger partial charge < -0.3 is 10.1 Å². The van der Waals surface area contributed by atoms with Crippen LogP contribution in [-0.2, 0) is 0 Å². The predicted octanol–water partition coefficient (Wildman–Crippen LogP) is 5.74. The van der Waals surface area contributed by atoms with E-state index >= 15 is 0 Å². The molecule has 0 fully saturated rings. The molecule has 1 atom stereocenters. The largest absolute Gasteiger partial charge is 0.491 e. The molecule has 0 amide bonds. The summed E-state index contributed by atoms with van der Waals surface area (Å²) in [7, 11) is 0. The summed E-state index contributed by atoms with van der Waals surface area (Å²) in [4.78, 5) is 0. The topological polar surface area (TPSA) is 21.3 Å². The SMILES string of the molecule is CCOc1c(Br)cc(Cl)cc1NC(C)CCC(C)C. The van der Waals surface area contributed by atoms with E-state index < -0.39 is 0 Å². The molecule has 1 unspecified atom stereocenters. The molecule has 0 saturated heterocycles. The molecule has 2 nitrogen and oxygen atoms in total. The van der Waals surface area contributed by atoms with Gasteiger partial charge in [-0.15, -0.1) is 0 Å². The Balaban J connectivity index is 2.80. The summed E-state index contributed by atoms with van der Waals surface area (Å²) < 4.78 is 6.57. The number of rotatable bonds is 7. The Hall–Kier alpha value is -0.410. The molecule has 0 spiro atoms. The fourth-order valence-electron chi connectivity index (χ4n) is 1.88. The molecule has 108 valence electrons. The zero-order chi connectivity index (χ0) is 14.4. The van der Waals surface area contributed by atoms with Crippen LogP contribution in [0.2, 0.25) is 5.02 Å². The number of ether oxygens (including phenoxy) is 1. The molecule has 1 aromatic rings. The minimum atomic E-state index is 0.395. The lowest BCUT2D eigenvalue weighted by Crippen LogP contribution is -2.16. The first-order valence-corrected chi connectivity index (χ1v) is 7.99. The van der Waals surface area contributed by atoms with Gasteiger partial charge in [0.2, 0.25) is 0 Å². The van der Waals surface area contributed by atoms with Crippen LogP contribution < -0.4 is 10.1 Å². The predicted molar refractivity (Wildman–Crippen MR) is 87.5 cm³/mol. The number of halogens is 2. The quantitative estimate of drug-likeness (QED) is 0.678. The molecule has 1 aromatic carbocycles. The van der Waals surface area contributed by atoms with Gasteiger partial charge in [-0.2, -0.15) is 0 Å². The second-order valence-corrected chi connectivity index (χ2v) is 6.50. The standard InChI is InChI=1S/C15H23BrClNO/c1-5-19-15-13(16)8-12(17)9-14(15)18-11(4)7-6-10(2)3/h8-11,18H,5-7H2,1-4H3. The van der Waals surface area contributed by atoms with Crippen LogP contribution in [0.4, 0.5) is 5.69 Å². The highest BCUT2D eigenvalue weighted by Crippen LogP contribution is 2.37. The first kappa shape index (κ1) is 16.6. The van der Waals surface area contributed by atoms with Crippen molar-refractivity contribution in [1.82, 2.24) is 0 Å². The molecule has 1 N–H and O–H groups in total. The third-order valence-electron chi connectivity index (χ3n) is 2.88. The second kappa shape index (κ2) is 8.01. The zero-order valence-corrected chi connectivity index (χ0v) is 14.4. The summed E-state index contributed by atoms with van der Waals surface area (Å²) in [5.74, 6) is 1.56. The summed E-state index contributed by atoms with van der Waals surface area (Å²) >= 11 is 9.61. The number of anilines is 1. The third kappa shape index (κ3) is 5.62. The summed E-state index contributed by atoms with van der Waals surface area (Å²) in [6, 6.07) is 4.17. The van der Waals surface area contributed by atoms with Crippen molar-refractivity contribution < 1.29 is 4.74 Å². The Kier molecular flexibility index (Phi) is 7.01. The van der Waals surface area contributed by atoms with Gasteiger partial charge >= 0.3 is 0 Å². The van der Waals surface area contributed by atoms with Crippen LogP contribution in [0.25, 0.3) is 0 Å². The highest BCUT2D eigenvalue weighted by atomic mass is 79.9. The van der Waals surface area contributed by atoms with E-state index in [0.717, 1.165) is 28.2 Å². The van der Waals surface area contributed by atoms with Crippen LogP contribution in [0.15, 0.2) is 16.6 Å². The molecular weight excluding hydrogens is 326 g/mol. The van der Waals surface area contributed by atoms with E-state index in [0.29, 0.717) is 17.7 Å². The van der Waals surface area contributed by atoms with Gasteiger partial charge in [0.1, 0.15) is 0 Å². The Morgan fingerprint density at radius 1 is 1.26 bits per heavy atom. The van der Waals surface area contributed by atoms with Crippen molar-refractivity contribution in [2.75, 3.05) is 11.9 Å². The molecular formula is C15H23BrClNO. The molecule has 0 heterocycles. The fraction of sp³-hybridized carbons (Fsp3) is 0.600. The van der Waals surface area contributed by atoms with Crippen LogP contribution >= 0.6 is 27.5 Å². The van der Waals surface area contributed by atoms with Crippen LogP contribution in [0, 0.1) is 5.92 Å². The Bertz CT molecular complexity index is 409. The second-order valence-electron chi connectivity index (χ2n) is 5.21. The van der Waals surface area contributed by atoms with Gasteiger partial charge in [-0.3, -0.25) is 0 Å². The van der Waals surface area contributed by atoms with Crippen LogP contribution in [0.1, 0.15) is 40.5 Å². The smallest absolute Gasteiger partial charge is 0.156 e. The summed E-state index contributed by atoms with van der Waals surface area (Å²) in [6.07, 6.45) is 2.34. The van der Waals surface area contributed by atoms with Crippen molar-refractivity contribution in [2.45, 2.75) is 46.6 Å². The third-order valence-corrected chi connectivity index (χ3v) is 3.68. The highest BCUT2D eigenvalue weighted by molar-refractivity contribution is 9.10. The first-order chi connectivity index (χ1) is 8.93. The van der Waals surface area contributed by atoms with E-state index in [2.05, 4.69) is 42.0 Å². The van der Waals surface area contributed by atoms with Crippen LogP contribution in [0.5, 0.6) is 5.75 Å². The van der Waals surface area contributed by atoms with Gasteiger partial charge in [0.05, 0.1) is 16.8 Å².